The lowest BCUT2D eigenvalue weighted by Gasteiger charge is -2.27. The number of carbonyl (C=O) groups excluding carboxylic acids is 5. The van der Waals surface area contributed by atoms with Crippen LogP contribution in [0.3, 0.4) is 0 Å². The van der Waals surface area contributed by atoms with Crippen molar-refractivity contribution >= 4 is 35.5 Å². The van der Waals surface area contributed by atoms with Gasteiger partial charge in [0.05, 0.1) is 6.54 Å². The fraction of sp³-hybridized carbons (Fsp3) is 0.455. The van der Waals surface area contributed by atoms with E-state index in [-0.39, 0.29) is 43.9 Å². The van der Waals surface area contributed by atoms with E-state index in [4.69, 9.17) is 17.2 Å². The number of rotatable bonds is 9. The number of aromatic hydroxyl groups is 1. The van der Waals surface area contributed by atoms with Gasteiger partial charge in [-0.3, -0.25) is 29.0 Å². The highest BCUT2D eigenvalue weighted by Gasteiger charge is 2.31. The Morgan fingerprint density at radius 3 is 2.14 bits per heavy atom. The molecule has 0 saturated carbocycles. The molecule has 3 atom stereocenters. The molecule has 5 amide bonds. The Morgan fingerprint density at radius 2 is 1.50 bits per heavy atom. The number of hydrogen-bond acceptors (Lipinski definition) is 7. The lowest BCUT2D eigenvalue weighted by Crippen LogP contribution is -2.59. The standard InChI is InChI=1S/C22H32N8O6/c23-17(32)8-7-15-20(35)30-16(10-12-3-5-13(31)6-4-12)21(36)29-14(2-1-9-26-22(24)25)19(34)27-11-18(33)28-15/h3-6,14-16,31H,1-2,7-11H2,(H2,23,32)(H,27,34)(H,28,33)(H,29,36)(H,30,35)(H4,24,25,26)/t14-,15-,16-/m0/s1. The van der Waals surface area contributed by atoms with E-state index in [9.17, 15) is 29.1 Å². The van der Waals surface area contributed by atoms with Gasteiger partial charge in [0.25, 0.3) is 0 Å². The number of aliphatic imine (C=N–C) groups is 1. The van der Waals surface area contributed by atoms with Crippen LogP contribution in [0, 0.1) is 0 Å². The summed E-state index contributed by atoms with van der Waals surface area (Å²) in [7, 11) is 0. The number of nitrogens with zero attached hydrogens (tertiary/aromatic N) is 1. The van der Waals surface area contributed by atoms with Gasteiger partial charge in [0.15, 0.2) is 5.96 Å². The molecule has 11 N–H and O–H groups in total. The van der Waals surface area contributed by atoms with Gasteiger partial charge in [0.1, 0.15) is 23.9 Å². The molecule has 1 aromatic carbocycles. The van der Waals surface area contributed by atoms with Crippen molar-refractivity contribution in [3.8, 4) is 5.75 Å². The summed E-state index contributed by atoms with van der Waals surface area (Å²) in [6.45, 7) is -0.228. The Labute approximate surface area is 207 Å². The molecule has 0 unspecified atom stereocenters. The number of benzene rings is 1. The summed E-state index contributed by atoms with van der Waals surface area (Å²) >= 11 is 0. The summed E-state index contributed by atoms with van der Waals surface area (Å²) in [5.74, 6) is -3.35. The Morgan fingerprint density at radius 1 is 0.889 bits per heavy atom. The van der Waals surface area contributed by atoms with E-state index in [0.717, 1.165) is 0 Å². The van der Waals surface area contributed by atoms with Crippen LogP contribution in [0.1, 0.15) is 31.2 Å². The first-order chi connectivity index (χ1) is 17.0. The number of carbonyl (C=O) groups is 5. The highest BCUT2D eigenvalue weighted by atomic mass is 16.3. The number of guanidine groups is 1. The average molecular weight is 505 g/mol. The van der Waals surface area contributed by atoms with Crippen LogP contribution in [0.15, 0.2) is 29.3 Å². The van der Waals surface area contributed by atoms with Crippen LogP contribution in [-0.4, -0.2) is 71.8 Å². The van der Waals surface area contributed by atoms with Crippen LogP contribution < -0.4 is 38.5 Å². The predicted molar refractivity (Wildman–Crippen MR) is 129 cm³/mol. The number of phenols is 1. The number of amides is 5. The maximum atomic E-state index is 13.2. The normalized spacial score (nSPS) is 21.1. The number of nitrogens with two attached hydrogens (primary N) is 3. The second kappa shape index (κ2) is 13.5. The monoisotopic (exact) mass is 504 g/mol. The van der Waals surface area contributed by atoms with Gasteiger partial charge < -0.3 is 43.6 Å². The molecular weight excluding hydrogens is 472 g/mol. The molecule has 1 fully saturated rings. The molecule has 0 aromatic heterocycles. The van der Waals surface area contributed by atoms with E-state index < -0.39 is 54.2 Å². The average Bonchev–Trinajstić information content (AvgIpc) is 2.81. The lowest BCUT2D eigenvalue weighted by atomic mass is 10.0. The fourth-order valence-electron chi connectivity index (χ4n) is 3.49. The first kappa shape index (κ1) is 27.9. The van der Waals surface area contributed by atoms with Gasteiger partial charge in [0.2, 0.25) is 29.5 Å². The second-order valence-electron chi connectivity index (χ2n) is 8.28. The van der Waals surface area contributed by atoms with Gasteiger partial charge in [-0.1, -0.05) is 12.1 Å². The van der Waals surface area contributed by atoms with Crippen molar-refractivity contribution in [2.45, 2.75) is 50.2 Å². The summed E-state index contributed by atoms with van der Waals surface area (Å²) in [4.78, 5) is 66.4. The molecule has 1 aromatic rings. The fourth-order valence-corrected chi connectivity index (χ4v) is 3.49. The SMILES string of the molecule is NC(=O)CC[C@@H]1NC(=O)CNC(=O)[C@H](CCCN=C(N)N)NC(=O)[C@H](Cc2ccc(O)cc2)NC1=O. The molecule has 36 heavy (non-hydrogen) atoms. The van der Waals surface area contributed by atoms with E-state index in [1.54, 1.807) is 12.1 Å². The first-order valence-corrected chi connectivity index (χ1v) is 11.3. The van der Waals surface area contributed by atoms with Crippen molar-refractivity contribution in [3.05, 3.63) is 29.8 Å². The summed E-state index contributed by atoms with van der Waals surface area (Å²) < 4.78 is 0. The molecule has 14 nitrogen and oxygen atoms in total. The van der Waals surface area contributed by atoms with Crippen molar-refractivity contribution in [1.29, 1.82) is 0 Å². The Bertz CT molecular complexity index is 993. The van der Waals surface area contributed by atoms with Gasteiger partial charge in [-0.15, -0.1) is 0 Å². The number of phenolic OH excluding ortho intramolecular Hbond substituents is 1. The summed E-state index contributed by atoms with van der Waals surface area (Å²) in [5, 5.41) is 19.7. The van der Waals surface area contributed by atoms with Crippen LogP contribution in [0.5, 0.6) is 5.75 Å². The van der Waals surface area contributed by atoms with Crippen LogP contribution in [0.2, 0.25) is 0 Å². The van der Waals surface area contributed by atoms with Gasteiger partial charge in [-0.25, -0.2) is 0 Å². The molecule has 0 bridgehead atoms. The number of hydrogen-bond donors (Lipinski definition) is 8. The maximum Gasteiger partial charge on any atom is 0.243 e. The summed E-state index contributed by atoms with van der Waals surface area (Å²) in [5.41, 5.74) is 16.4. The third kappa shape index (κ3) is 9.48. The Hall–Kier alpha value is -4.36. The van der Waals surface area contributed by atoms with Crippen LogP contribution in [-0.2, 0) is 30.4 Å². The van der Waals surface area contributed by atoms with Crippen LogP contribution in [0.25, 0.3) is 0 Å². The molecule has 0 aliphatic carbocycles. The minimum absolute atomic E-state index is 0.0245. The van der Waals surface area contributed by atoms with Crippen molar-refractivity contribution in [2.24, 2.45) is 22.2 Å². The molecule has 0 spiro atoms. The molecule has 2 rings (SSSR count). The largest absolute Gasteiger partial charge is 0.508 e. The highest BCUT2D eigenvalue weighted by molar-refractivity contribution is 5.96. The smallest absolute Gasteiger partial charge is 0.243 e. The first-order valence-electron chi connectivity index (χ1n) is 11.3. The maximum absolute atomic E-state index is 13.2. The Balaban J connectivity index is 2.29. The summed E-state index contributed by atoms with van der Waals surface area (Å²) in [6, 6.07) is 2.70. The van der Waals surface area contributed by atoms with Crippen molar-refractivity contribution in [1.82, 2.24) is 21.3 Å². The molecular formula is C22H32N8O6. The van der Waals surface area contributed by atoms with E-state index in [2.05, 4.69) is 26.3 Å². The third-order valence-corrected chi connectivity index (χ3v) is 5.34. The molecule has 1 aliphatic heterocycles. The van der Waals surface area contributed by atoms with Gasteiger partial charge >= 0.3 is 0 Å². The van der Waals surface area contributed by atoms with E-state index in [1.165, 1.54) is 12.1 Å². The topological polar surface area (TPSA) is 244 Å². The van der Waals surface area contributed by atoms with Gasteiger partial charge in [-0.05, 0) is 37.0 Å². The quantitative estimate of drug-likeness (QED) is 0.0966. The van der Waals surface area contributed by atoms with Crippen LogP contribution >= 0.6 is 0 Å². The number of nitrogens with one attached hydrogen (secondary N) is 4. The second-order valence-corrected chi connectivity index (χ2v) is 8.28. The zero-order valence-electron chi connectivity index (χ0n) is 19.7. The zero-order chi connectivity index (χ0) is 26.7. The van der Waals surface area contributed by atoms with Crippen molar-refractivity contribution < 1.29 is 29.1 Å². The Kier molecular flexibility index (Phi) is 10.5. The van der Waals surface area contributed by atoms with Gasteiger partial charge in [-0.2, -0.15) is 0 Å². The molecule has 0 radical (unpaired) electrons. The lowest BCUT2D eigenvalue weighted by molar-refractivity contribution is -0.135. The van der Waals surface area contributed by atoms with E-state index >= 15 is 0 Å². The third-order valence-electron chi connectivity index (χ3n) is 5.34. The van der Waals surface area contributed by atoms with E-state index in [0.29, 0.717) is 12.0 Å². The molecule has 1 aliphatic rings. The highest BCUT2D eigenvalue weighted by Crippen LogP contribution is 2.12. The van der Waals surface area contributed by atoms with Crippen LogP contribution in [0.4, 0.5) is 0 Å². The summed E-state index contributed by atoms with van der Waals surface area (Å²) in [6.07, 6.45) is 0.264. The predicted octanol–water partition coefficient (Wildman–Crippen LogP) is -3.16. The van der Waals surface area contributed by atoms with Crippen molar-refractivity contribution in [3.63, 3.8) is 0 Å². The minimum atomic E-state index is -1.16. The molecule has 1 saturated heterocycles. The molecule has 14 heteroatoms. The molecule has 196 valence electrons. The van der Waals surface area contributed by atoms with E-state index in [1.807, 2.05) is 0 Å². The molecule has 1 heterocycles. The number of primary amides is 1. The minimum Gasteiger partial charge on any atom is -0.508 e. The van der Waals surface area contributed by atoms with Crippen molar-refractivity contribution in [2.75, 3.05) is 13.1 Å². The zero-order valence-corrected chi connectivity index (χ0v) is 19.7. The van der Waals surface area contributed by atoms with Gasteiger partial charge in [0, 0.05) is 19.4 Å².